The molecular weight excluding hydrogens is 232 g/mol. The van der Waals surface area contributed by atoms with E-state index in [9.17, 15) is 0 Å². The first-order chi connectivity index (χ1) is 9.13. The molecule has 0 saturated carbocycles. The average molecular weight is 250 g/mol. The van der Waals surface area contributed by atoms with Crippen LogP contribution in [0.1, 0.15) is 16.7 Å². The third-order valence-corrected chi connectivity index (χ3v) is 3.72. The fourth-order valence-corrected chi connectivity index (χ4v) is 2.44. The third-order valence-electron chi connectivity index (χ3n) is 3.72. The minimum atomic E-state index is 0.813. The van der Waals surface area contributed by atoms with Gasteiger partial charge in [-0.1, -0.05) is 24.3 Å². The Kier molecular flexibility index (Phi) is 2.79. The smallest absolute Gasteiger partial charge is 0.0504 e. The van der Waals surface area contributed by atoms with Gasteiger partial charge in [-0.2, -0.15) is 0 Å². The molecule has 2 nitrogen and oxygen atoms in total. The summed E-state index contributed by atoms with van der Waals surface area (Å²) in [5, 5.41) is 1.23. The lowest BCUT2D eigenvalue weighted by molar-refractivity contribution is 0.835. The van der Waals surface area contributed by atoms with Gasteiger partial charge in [0.1, 0.15) is 0 Å². The van der Waals surface area contributed by atoms with Crippen molar-refractivity contribution >= 4 is 16.6 Å². The molecule has 3 rings (SSSR count). The van der Waals surface area contributed by atoms with E-state index in [1.807, 2.05) is 12.1 Å². The summed E-state index contributed by atoms with van der Waals surface area (Å²) in [5.74, 6) is 0. The number of nitrogens with zero attached hydrogens (tertiary/aromatic N) is 1. The molecule has 0 aliphatic heterocycles. The number of aromatic nitrogens is 1. The summed E-state index contributed by atoms with van der Waals surface area (Å²) >= 11 is 0. The van der Waals surface area contributed by atoms with Crippen LogP contribution in [0.4, 0.5) is 5.69 Å². The molecule has 1 heterocycles. The highest BCUT2D eigenvalue weighted by Gasteiger charge is 2.03. The van der Waals surface area contributed by atoms with Gasteiger partial charge in [0.2, 0.25) is 0 Å². The zero-order chi connectivity index (χ0) is 13.4. The Morgan fingerprint density at radius 3 is 2.58 bits per heavy atom. The number of hydrogen-bond acceptors (Lipinski definition) is 1. The summed E-state index contributed by atoms with van der Waals surface area (Å²) in [4.78, 5) is 0. The van der Waals surface area contributed by atoms with Crippen LogP contribution in [0, 0.1) is 13.8 Å². The zero-order valence-corrected chi connectivity index (χ0v) is 11.4. The maximum absolute atomic E-state index is 5.88. The van der Waals surface area contributed by atoms with Gasteiger partial charge in [0, 0.05) is 18.4 Å². The van der Waals surface area contributed by atoms with Crippen LogP contribution in [0.15, 0.2) is 48.7 Å². The van der Waals surface area contributed by atoms with Gasteiger partial charge in [0.05, 0.1) is 5.52 Å². The zero-order valence-electron chi connectivity index (χ0n) is 11.4. The van der Waals surface area contributed by atoms with Crippen LogP contribution in [0.3, 0.4) is 0 Å². The molecule has 0 bridgehead atoms. The normalized spacial score (nSPS) is 11.1. The number of nitrogens with two attached hydrogens (primary N) is 1. The molecule has 0 unspecified atom stereocenters. The lowest BCUT2D eigenvalue weighted by Crippen LogP contribution is -1.99. The second-order valence-electron chi connectivity index (χ2n) is 5.18. The number of aryl methyl sites for hydroxylation is 2. The standard InChI is InChI=1S/C17H18N2/c1-12-3-4-14(9-13(12)2)11-19-8-7-15-5-6-16(18)10-17(15)19/h3-10H,11,18H2,1-2H3. The number of hydrogen-bond donors (Lipinski definition) is 1. The first-order valence-corrected chi connectivity index (χ1v) is 6.54. The van der Waals surface area contributed by atoms with Gasteiger partial charge < -0.3 is 10.3 Å². The van der Waals surface area contributed by atoms with Crippen LogP contribution in [-0.4, -0.2) is 4.57 Å². The van der Waals surface area contributed by atoms with E-state index in [0.29, 0.717) is 0 Å². The topological polar surface area (TPSA) is 30.9 Å². The first-order valence-electron chi connectivity index (χ1n) is 6.54. The predicted octanol–water partition coefficient (Wildman–Crippen LogP) is 3.89. The number of anilines is 1. The number of nitrogen functional groups attached to an aromatic ring is 1. The summed E-state index contributed by atoms with van der Waals surface area (Å²) < 4.78 is 2.25. The van der Waals surface area contributed by atoms with Gasteiger partial charge in [-0.25, -0.2) is 0 Å². The van der Waals surface area contributed by atoms with Crippen molar-refractivity contribution < 1.29 is 0 Å². The molecular formula is C17H18N2. The van der Waals surface area contributed by atoms with Crippen LogP contribution in [0.2, 0.25) is 0 Å². The molecule has 0 fully saturated rings. The van der Waals surface area contributed by atoms with E-state index in [0.717, 1.165) is 12.2 Å². The van der Waals surface area contributed by atoms with Gasteiger partial charge in [-0.05, 0) is 54.1 Å². The van der Waals surface area contributed by atoms with E-state index in [2.05, 4.69) is 54.9 Å². The Morgan fingerprint density at radius 2 is 1.79 bits per heavy atom. The molecule has 0 aliphatic rings. The van der Waals surface area contributed by atoms with E-state index in [1.54, 1.807) is 0 Å². The van der Waals surface area contributed by atoms with Crippen LogP contribution < -0.4 is 5.73 Å². The van der Waals surface area contributed by atoms with E-state index in [4.69, 9.17) is 5.73 Å². The molecule has 2 N–H and O–H groups in total. The lowest BCUT2D eigenvalue weighted by atomic mass is 10.1. The summed E-state index contributed by atoms with van der Waals surface area (Å²) in [5.41, 5.74) is 11.9. The van der Waals surface area contributed by atoms with E-state index >= 15 is 0 Å². The number of fused-ring (bicyclic) bond motifs is 1. The summed E-state index contributed by atoms with van der Waals surface area (Å²) in [6.45, 7) is 5.18. The second-order valence-corrected chi connectivity index (χ2v) is 5.18. The molecule has 2 aromatic carbocycles. The largest absolute Gasteiger partial charge is 0.399 e. The van der Waals surface area contributed by atoms with Gasteiger partial charge in [-0.15, -0.1) is 0 Å². The molecule has 19 heavy (non-hydrogen) atoms. The van der Waals surface area contributed by atoms with Crippen molar-refractivity contribution in [2.45, 2.75) is 20.4 Å². The first kappa shape index (κ1) is 11.8. The number of rotatable bonds is 2. The molecule has 0 amide bonds. The Hall–Kier alpha value is -2.22. The van der Waals surface area contributed by atoms with Crippen molar-refractivity contribution in [3.63, 3.8) is 0 Å². The van der Waals surface area contributed by atoms with Crippen LogP contribution in [-0.2, 0) is 6.54 Å². The molecule has 3 aromatic rings. The predicted molar refractivity (Wildman–Crippen MR) is 81.4 cm³/mol. The molecule has 2 heteroatoms. The minimum Gasteiger partial charge on any atom is -0.399 e. The van der Waals surface area contributed by atoms with E-state index < -0.39 is 0 Å². The van der Waals surface area contributed by atoms with E-state index in [-0.39, 0.29) is 0 Å². The summed E-state index contributed by atoms with van der Waals surface area (Å²) in [6, 6.07) is 14.8. The molecule has 0 aliphatic carbocycles. The maximum Gasteiger partial charge on any atom is 0.0504 e. The molecule has 96 valence electrons. The summed E-state index contributed by atoms with van der Waals surface area (Å²) in [6.07, 6.45) is 2.12. The maximum atomic E-state index is 5.88. The fourth-order valence-electron chi connectivity index (χ4n) is 2.44. The van der Waals surface area contributed by atoms with Gasteiger partial charge in [0.15, 0.2) is 0 Å². The Morgan fingerprint density at radius 1 is 0.947 bits per heavy atom. The van der Waals surface area contributed by atoms with Gasteiger partial charge in [-0.3, -0.25) is 0 Å². The highest BCUT2D eigenvalue weighted by Crippen LogP contribution is 2.20. The second kappa shape index (κ2) is 4.47. The molecule has 0 atom stereocenters. The van der Waals surface area contributed by atoms with Crippen molar-refractivity contribution in [3.05, 3.63) is 65.4 Å². The quantitative estimate of drug-likeness (QED) is 0.687. The van der Waals surface area contributed by atoms with E-state index in [1.165, 1.54) is 27.6 Å². The Balaban J connectivity index is 2.00. The van der Waals surface area contributed by atoms with Crippen molar-refractivity contribution in [1.29, 1.82) is 0 Å². The van der Waals surface area contributed by atoms with Gasteiger partial charge >= 0.3 is 0 Å². The van der Waals surface area contributed by atoms with Crippen molar-refractivity contribution in [1.82, 2.24) is 4.57 Å². The molecule has 0 spiro atoms. The molecule has 0 radical (unpaired) electrons. The SMILES string of the molecule is Cc1ccc(Cn2ccc3ccc(N)cc32)cc1C. The molecule has 0 saturated heterocycles. The van der Waals surface area contributed by atoms with Crippen LogP contribution in [0.25, 0.3) is 10.9 Å². The lowest BCUT2D eigenvalue weighted by Gasteiger charge is -2.08. The highest BCUT2D eigenvalue weighted by atomic mass is 14.9. The minimum absolute atomic E-state index is 0.813. The Labute approximate surface area is 113 Å². The van der Waals surface area contributed by atoms with Crippen LogP contribution in [0.5, 0.6) is 0 Å². The van der Waals surface area contributed by atoms with Crippen molar-refractivity contribution in [2.75, 3.05) is 5.73 Å². The molecule has 1 aromatic heterocycles. The highest BCUT2D eigenvalue weighted by molar-refractivity contribution is 5.83. The van der Waals surface area contributed by atoms with Crippen LogP contribution >= 0.6 is 0 Å². The number of benzene rings is 2. The third kappa shape index (κ3) is 2.22. The van der Waals surface area contributed by atoms with Gasteiger partial charge in [0.25, 0.3) is 0 Å². The monoisotopic (exact) mass is 250 g/mol. The van der Waals surface area contributed by atoms with Crippen molar-refractivity contribution in [2.24, 2.45) is 0 Å². The summed E-state index contributed by atoms with van der Waals surface area (Å²) in [7, 11) is 0. The van der Waals surface area contributed by atoms with Crippen molar-refractivity contribution in [3.8, 4) is 0 Å². The average Bonchev–Trinajstić information content (AvgIpc) is 2.77. The Bertz CT molecular complexity index is 738. The fraction of sp³-hybridized carbons (Fsp3) is 0.176.